The highest BCUT2D eigenvalue weighted by Crippen LogP contribution is 2.21. The number of nitrogens with zero attached hydrogens (tertiary/aromatic N) is 2. The zero-order chi connectivity index (χ0) is 12.8. The van der Waals surface area contributed by atoms with Crippen molar-refractivity contribution in [1.82, 2.24) is 4.98 Å². The lowest BCUT2D eigenvalue weighted by molar-refractivity contribution is -0.385. The molecule has 17 heavy (non-hydrogen) atoms. The van der Waals surface area contributed by atoms with Gasteiger partial charge in [0, 0.05) is 12.5 Å². The number of rotatable bonds is 5. The Labute approximate surface area is 96.2 Å². The fourth-order valence-electron chi connectivity index (χ4n) is 1.02. The van der Waals surface area contributed by atoms with Crippen LogP contribution < -0.4 is 4.74 Å². The van der Waals surface area contributed by atoms with Gasteiger partial charge in [0.15, 0.2) is 0 Å². The number of terminal acetylenes is 1. The van der Waals surface area contributed by atoms with Gasteiger partial charge in [0.25, 0.3) is 5.69 Å². The van der Waals surface area contributed by atoms with Crippen LogP contribution in [0.15, 0.2) is 12.3 Å². The number of carbonyl (C=O) groups is 1. The lowest BCUT2D eigenvalue weighted by atomic mass is 10.2. The van der Waals surface area contributed by atoms with Gasteiger partial charge in [-0.15, -0.1) is 12.3 Å². The lowest BCUT2D eigenvalue weighted by Crippen LogP contribution is -2.07. The number of carboxylic acid groups (broad SMARTS) is 1. The molecule has 1 heterocycles. The Morgan fingerprint density at radius 1 is 1.71 bits per heavy atom. The van der Waals surface area contributed by atoms with Crippen molar-refractivity contribution in [3.8, 4) is 18.2 Å². The minimum atomic E-state index is -1.35. The average Bonchev–Trinajstić information content (AvgIpc) is 2.29. The first-order valence-electron chi connectivity index (χ1n) is 4.50. The van der Waals surface area contributed by atoms with E-state index in [1.807, 2.05) is 0 Å². The van der Waals surface area contributed by atoms with Crippen molar-refractivity contribution in [2.24, 2.45) is 0 Å². The van der Waals surface area contributed by atoms with Crippen LogP contribution in [0.2, 0.25) is 0 Å². The Kier molecular flexibility index (Phi) is 4.00. The van der Waals surface area contributed by atoms with Crippen LogP contribution >= 0.6 is 0 Å². The van der Waals surface area contributed by atoms with Gasteiger partial charge in [-0.05, 0) is 0 Å². The molecule has 0 bridgehead atoms. The lowest BCUT2D eigenvalue weighted by Gasteiger charge is -2.05. The second-order valence-corrected chi connectivity index (χ2v) is 2.91. The Bertz CT molecular complexity index is 492. The van der Waals surface area contributed by atoms with Crippen molar-refractivity contribution in [2.75, 3.05) is 6.61 Å². The molecule has 1 aromatic rings. The molecule has 0 aliphatic rings. The molecule has 7 heteroatoms. The van der Waals surface area contributed by atoms with Crippen molar-refractivity contribution < 1.29 is 19.6 Å². The molecular weight excluding hydrogens is 228 g/mol. The summed E-state index contributed by atoms with van der Waals surface area (Å²) in [5.41, 5.74) is -0.775. The smallest absolute Gasteiger partial charge is 0.341 e. The van der Waals surface area contributed by atoms with E-state index in [1.54, 1.807) is 0 Å². The molecule has 1 aromatic heterocycles. The number of aromatic nitrogens is 1. The van der Waals surface area contributed by atoms with Crippen LogP contribution in [-0.4, -0.2) is 27.6 Å². The van der Waals surface area contributed by atoms with E-state index in [4.69, 9.17) is 16.3 Å². The molecule has 0 fully saturated rings. The monoisotopic (exact) mass is 236 g/mol. The maximum absolute atomic E-state index is 10.8. The van der Waals surface area contributed by atoms with Gasteiger partial charge in [0.2, 0.25) is 5.88 Å². The van der Waals surface area contributed by atoms with Crippen LogP contribution in [0.5, 0.6) is 5.88 Å². The van der Waals surface area contributed by atoms with Crippen LogP contribution in [-0.2, 0) is 0 Å². The molecule has 0 aromatic carbocycles. The Morgan fingerprint density at radius 2 is 2.41 bits per heavy atom. The second-order valence-electron chi connectivity index (χ2n) is 2.91. The number of pyridine rings is 1. The molecule has 7 nitrogen and oxygen atoms in total. The number of carboxylic acids is 1. The van der Waals surface area contributed by atoms with E-state index in [9.17, 15) is 14.9 Å². The number of hydrogen-bond acceptors (Lipinski definition) is 5. The van der Waals surface area contributed by atoms with Crippen molar-refractivity contribution in [1.29, 1.82) is 0 Å². The number of hydrogen-bond donors (Lipinski definition) is 1. The third kappa shape index (κ3) is 3.17. The van der Waals surface area contributed by atoms with E-state index in [2.05, 4.69) is 10.9 Å². The molecule has 1 N–H and O–H groups in total. The molecule has 88 valence electrons. The van der Waals surface area contributed by atoms with Crippen LogP contribution in [0.3, 0.4) is 0 Å². The van der Waals surface area contributed by atoms with Gasteiger partial charge in [-0.3, -0.25) is 10.1 Å². The minimum absolute atomic E-state index is 0.0988. The molecule has 1 rings (SSSR count). The molecule has 0 radical (unpaired) electrons. The van der Waals surface area contributed by atoms with Crippen LogP contribution in [0.25, 0.3) is 0 Å². The fourth-order valence-corrected chi connectivity index (χ4v) is 1.02. The predicted octanol–water partition coefficient (Wildman–Crippen LogP) is 1.09. The van der Waals surface area contributed by atoms with Crippen molar-refractivity contribution >= 4 is 11.7 Å². The number of nitro groups is 1. The van der Waals surface area contributed by atoms with E-state index in [-0.39, 0.29) is 24.5 Å². The third-order valence-electron chi connectivity index (χ3n) is 1.76. The standard InChI is InChI=1S/C10H8N2O5/c1-2-3-4-17-9-8(10(13)14)5-7(6-11-9)12(15)16/h1,5-6H,3-4H2,(H,13,14). The van der Waals surface area contributed by atoms with Gasteiger partial charge in [-0.25, -0.2) is 9.78 Å². The SMILES string of the molecule is C#CCCOc1ncc([N+](=O)[O-])cc1C(=O)O. The molecule has 0 atom stereocenters. The molecule has 0 spiro atoms. The maximum atomic E-state index is 10.8. The first-order chi connectivity index (χ1) is 8.06. The third-order valence-corrected chi connectivity index (χ3v) is 1.76. The average molecular weight is 236 g/mol. The van der Waals surface area contributed by atoms with E-state index in [0.29, 0.717) is 0 Å². The Balaban J connectivity index is 3.01. The largest absolute Gasteiger partial charge is 0.477 e. The zero-order valence-corrected chi connectivity index (χ0v) is 8.62. The predicted molar refractivity (Wildman–Crippen MR) is 56.8 cm³/mol. The molecule has 0 aliphatic heterocycles. The summed E-state index contributed by atoms with van der Waals surface area (Å²) < 4.78 is 5.02. The Morgan fingerprint density at radius 3 is 2.94 bits per heavy atom. The van der Waals surface area contributed by atoms with Gasteiger partial charge >= 0.3 is 5.97 Å². The van der Waals surface area contributed by atoms with E-state index in [0.717, 1.165) is 12.3 Å². The van der Waals surface area contributed by atoms with E-state index >= 15 is 0 Å². The van der Waals surface area contributed by atoms with Crippen molar-refractivity contribution in [3.05, 3.63) is 27.9 Å². The molecule has 0 aliphatic carbocycles. The highest BCUT2D eigenvalue weighted by molar-refractivity contribution is 5.90. The van der Waals surface area contributed by atoms with Crippen molar-refractivity contribution in [2.45, 2.75) is 6.42 Å². The van der Waals surface area contributed by atoms with Gasteiger partial charge in [-0.1, -0.05) is 0 Å². The highest BCUT2D eigenvalue weighted by atomic mass is 16.6. The van der Waals surface area contributed by atoms with Crippen molar-refractivity contribution in [3.63, 3.8) is 0 Å². The summed E-state index contributed by atoms with van der Waals surface area (Å²) in [5.74, 6) is 0.776. The van der Waals surface area contributed by atoms with Gasteiger partial charge < -0.3 is 9.84 Å². The normalized spacial score (nSPS) is 9.35. The van der Waals surface area contributed by atoms with E-state index in [1.165, 1.54) is 0 Å². The molecule has 0 unspecified atom stereocenters. The highest BCUT2D eigenvalue weighted by Gasteiger charge is 2.18. The van der Waals surface area contributed by atoms with Crippen LogP contribution in [0, 0.1) is 22.5 Å². The molecular formula is C10H8N2O5. The molecule has 0 saturated heterocycles. The number of ether oxygens (including phenoxy) is 1. The van der Waals surface area contributed by atoms with Crippen LogP contribution in [0.4, 0.5) is 5.69 Å². The summed E-state index contributed by atoms with van der Waals surface area (Å²) in [5, 5.41) is 19.3. The van der Waals surface area contributed by atoms with E-state index < -0.39 is 16.6 Å². The van der Waals surface area contributed by atoms with Gasteiger partial charge in [0.1, 0.15) is 18.4 Å². The molecule has 0 saturated carbocycles. The summed E-state index contributed by atoms with van der Waals surface area (Å²) in [7, 11) is 0. The topological polar surface area (TPSA) is 103 Å². The summed E-state index contributed by atoms with van der Waals surface area (Å²) >= 11 is 0. The molecule has 0 amide bonds. The Hall–Kier alpha value is -2.62. The first-order valence-corrected chi connectivity index (χ1v) is 4.50. The zero-order valence-electron chi connectivity index (χ0n) is 8.62. The summed E-state index contributed by atoms with van der Waals surface area (Å²) in [6.07, 6.45) is 6.22. The first kappa shape index (κ1) is 12.4. The van der Waals surface area contributed by atoms with Crippen LogP contribution in [0.1, 0.15) is 16.8 Å². The minimum Gasteiger partial charge on any atom is -0.477 e. The quantitative estimate of drug-likeness (QED) is 0.355. The summed E-state index contributed by atoms with van der Waals surface area (Å²) in [6, 6.07) is 0.889. The summed E-state index contributed by atoms with van der Waals surface area (Å²) in [6.45, 7) is 0.0988. The second kappa shape index (κ2) is 5.46. The number of aromatic carboxylic acids is 1. The fraction of sp³-hybridized carbons (Fsp3) is 0.200. The van der Waals surface area contributed by atoms with Gasteiger partial charge in [-0.2, -0.15) is 0 Å². The maximum Gasteiger partial charge on any atom is 0.341 e. The summed E-state index contributed by atoms with van der Waals surface area (Å²) in [4.78, 5) is 24.1. The van der Waals surface area contributed by atoms with Gasteiger partial charge in [0.05, 0.1) is 4.92 Å².